The van der Waals surface area contributed by atoms with Crippen molar-refractivity contribution >= 4 is 32.6 Å². The lowest BCUT2D eigenvalue weighted by molar-refractivity contribution is 0.291. The summed E-state index contributed by atoms with van der Waals surface area (Å²) in [6.07, 6.45) is 1.78. The van der Waals surface area contributed by atoms with E-state index in [4.69, 9.17) is 9.97 Å². The highest BCUT2D eigenvalue weighted by Crippen LogP contribution is 2.30. The normalized spacial score (nSPS) is 11.9. The topological polar surface area (TPSA) is 51.2 Å². The number of benzene rings is 1. The van der Waals surface area contributed by atoms with Crippen molar-refractivity contribution in [2.45, 2.75) is 34.2 Å². The molecule has 0 saturated carbocycles. The zero-order valence-electron chi connectivity index (χ0n) is 16.8. The number of fused-ring (bicyclic) bond motifs is 3. The van der Waals surface area contributed by atoms with Gasteiger partial charge in [0.1, 0.15) is 12.0 Å². The van der Waals surface area contributed by atoms with Crippen molar-refractivity contribution in [3.05, 3.63) is 46.3 Å². The Kier molecular flexibility index (Phi) is 5.21. The Morgan fingerprint density at radius 1 is 1.07 bits per heavy atom. The lowest BCUT2D eigenvalue weighted by Gasteiger charge is -2.19. The quantitative estimate of drug-likeness (QED) is 0.443. The maximum Gasteiger partial charge on any atom is 0.183 e. The highest BCUT2D eigenvalue weighted by Gasteiger charge is 2.19. The SMILES string of the molecule is CCN(CC)CCn1c(C)c(C)c2c1ncn1nc(-c3ccccc3Br)nc21. The Bertz CT molecular complexity index is 1140. The molecule has 0 aliphatic carbocycles. The van der Waals surface area contributed by atoms with Crippen molar-refractivity contribution in [3.8, 4) is 11.4 Å². The van der Waals surface area contributed by atoms with Gasteiger partial charge in [-0.15, -0.1) is 5.10 Å². The molecule has 0 bridgehead atoms. The molecule has 0 aliphatic rings. The van der Waals surface area contributed by atoms with Crippen LogP contribution in [-0.2, 0) is 6.54 Å². The molecule has 0 spiro atoms. The van der Waals surface area contributed by atoms with E-state index in [9.17, 15) is 0 Å². The van der Waals surface area contributed by atoms with Gasteiger partial charge in [0.15, 0.2) is 11.5 Å². The van der Waals surface area contributed by atoms with Gasteiger partial charge < -0.3 is 9.47 Å². The van der Waals surface area contributed by atoms with E-state index in [0.717, 1.165) is 52.9 Å². The molecule has 0 N–H and O–H groups in total. The second-order valence-corrected chi connectivity index (χ2v) is 7.87. The molecule has 0 aliphatic heterocycles. The van der Waals surface area contributed by atoms with Crippen LogP contribution in [0.2, 0.25) is 0 Å². The fraction of sp³-hybridized carbons (Fsp3) is 0.381. The molecule has 0 radical (unpaired) electrons. The third kappa shape index (κ3) is 3.12. The molecule has 28 heavy (non-hydrogen) atoms. The first-order valence-corrected chi connectivity index (χ1v) is 10.5. The minimum Gasteiger partial charge on any atom is -0.328 e. The summed E-state index contributed by atoms with van der Waals surface area (Å²) in [6.45, 7) is 12.8. The molecular formula is C21H25BrN6. The molecule has 0 fully saturated rings. The van der Waals surface area contributed by atoms with Crippen LogP contribution in [0.5, 0.6) is 0 Å². The van der Waals surface area contributed by atoms with Gasteiger partial charge in [-0.1, -0.05) is 41.9 Å². The Balaban J connectivity index is 1.84. The Morgan fingerprint density at radius 3 is 2.54 bits per heavy atom. The summed E-state index contributed by atoms with van der Waals surface area (Å²) in [5, 5.41) is 5.76. The van der Waals surface area contributed by atoms with Gasteiger partial charge in [-0.2, -0.15) is 0 Å². The zero-order chi connectivity index (χ0) is 19.8. The summed E-state index contributed by atoms with van der Waals surface area (Å²) >= 11 is 3.60. The smallest absolute Gasteiger partial charge is 0.183 e. The fourth-order valence-corrected chi connectivity index (χ4v) is 4.20. The maximum absolute atomic E-state index is 4.87. The monoisotopic (exact) mass is 440 g/mol. The molecule has 4 aromatic rings. The molecule has 7 heteroatoms. The highest BCUT2D eigenvalue weighted by molar-refractivity contribution is 9.10. The molecule has 4 rings (SSSR count). The summed E-state index contributed by atoms with van der Waals surface area (Å²) in [5.74, 6) is 0.703. The van der Waals surface area contributed by atoms with Gasteiger partial charge in [0, 0.05) is 28.8 Å². The number of nitrogens with zero attached hydrogens (tertiary/aromatic N) is 6. The van der Waals surface area contributed by atoms with Crippen LogP contribution in [0.4, 0.5) is 0 Å². The molecule has 0 unspecified atom stereocenters. The van der Waals surface area contributed by atoms with Crippen LogP contribution in [0.1, 0.15) is 25.1 Å². The molecule has 0 atom stereocenters. The van der Waals surface area contributed by atoms with Gasteiger partial charge >= 0.3 is 0 Å². The highest BCUT2D eigenvalue weighted by atomic mass is 79.9. The summed E-state index contributed by atoms with van der Waals surface area (Å²) < 4.78 is 5.09. The van der Waals surface area contributed by atoms with E-state index < -0.39 is 0 Å². The van der Waals surface area contributed by atoms with Crippen molar-refractivity contribution < 1.29 is 0 Å². The maximum atomic E-state index is 4.87. The molecule has 0 amide bonds. The lowest BCUT2D eigenvalue weighted by atomic mass is 10.2. The third-order valence-electron chi connectivity index (χ3n) is 5.60. The van der Waals surface area contributed by atoms with Gasteiger partial charge in [-0.05, 0) is 44.6 Å². The first-order valence-electron chi connectivity index (χ1n) is 9.73. The molecule has 6 nitrogen and oxygen atoms in total. The number of likely N-dealkylation sites (N-methyl/N-ethyl adjacent to an activating group) is 1. The second-order valence-electron chi connectivity index (χ2n) is 7.02. The van der Waals surface area contributed by atoms with Crippen LogP contribution >= 0.6 is 15.9 Å². The first kappa shape index (κ1) is 19.1. The average molecular weight is 441 g/mol. The van der Waals surface area contributed by atoms with E-state index in [1.165, 1.54) is 11.3 Å². The fourth-order valence-electron chi connectivity index (χ4n) is 3.74. The second kappa shape index (κ2) is 7.64. The van der Waals surface area contributed by atoms with Gasteiger partial charge in [-0.3, -0.25) is 0 Å². The van der Waals surface area contributed by atoms with Gasteiger partial charge in [-0.25, -0.2) is 14.5 Å². The molecule has 3 aromatic heterocycles. The lowest BCUT2D eigenvalue weighted by Crippen LogP contribution is -2.27. The Hall–Kier alpha value is -2.25. The summed E-state index contributed by atoms with van der Waals surface area (Å²) in [5.41, 5.74) is 5.29. The molecular weight excluding hydrogens is 416 g/mol. The van der Waals surface area contributed by atoms with Gasteiger partial charge in [0.2, 0.25) is 0 Å². The third-order valence-corrected chi connectivity index (χ3v) is 6.29. The number of hydrogen-bond donors (Lipinski definition) is 0. The van der Waals surface area contributed by atoms with Crippen LogP contribution < -0.4 is 0 Å². The van der Waals surface area contributed by atoms with Crippen LogP contribution in [0.25, 0.3) is 28.1 Å². The van der Waals surface area contributed by atoms with Crippen LogP contribution in [-0.4, -0.2) is 48.7 Å². The summed E-state index contributed by atoms with van der Waals surface area (Å²) in [4.78, 5) is 12.0. The zero-order valence-corrected chi connectivity index (χ0v) is 18.4. The number of rotatable bonds is 6. The number of aromatic nitrogens is 5. The van der Waals surface area contributed by atoms with E-state index in [2.05, 4.69) is 58.2 Å². The Morgan fingerprint density at radius 2 is 1.82 bits per heavy atom. The van der Waals surface area contributed by atoms with Crippen LogP contribution in [0.15, 0.2) is 35.1 Å². The predicted molar refractivity (Wildman–Crippen MR) is 117 cm³/mol. The summed E-state index contributed by atoms with van der Waals surface area (Å²) in [6, 6.07) is 8.02. The first-order chi connectivity index (χ1) is 13.5. The van der Waals surface area contributed by atoms with Crippen molar-refractivity contribution in [2.24, 2.45) is 0 Å². The molecule has 146 valence electrons. The van der Waals surface area contributed by atoms with Crippen LogP contribution in [0.3, 0.4) is 0 Å². The van der Waals surface area contributed by atoms with E-state index in [0.29, 0.717) is 5.82 Å². The van der Waals surface area contributed by atoms with Crippen molar-refractivity contribution in [2.75, 3.05) is 19.6 Å². The van der Waals surface area contributed by atoms with E-state index in [1.54, 1.807) is 10.8 Å². The molecule has 1 aromatic carbocycles. The van der Waals surface area contributed by atoms with E-state index in [-0.39, 0.29) is 0 Å². The predicted octanol–water partition coefficient (Wildman–Crippen LogP) is 4.47. The van der Waals surface area contributed by atoms with E-state index >= 15 is 0 Å². The van der Waals surface area contributed by atoms with Crippen molar-refractivity contribution in [1.82, 2.24) is 29.0 Å². The molecule has 0 saturated heterocycles. The minimum atomic E-state index is 0.703. The molecule has 3 heterocycles. The minimum absolute atomic E-state index is 0.703. The number of halogens is 1. The van der Waals surface area contributed by atoms with Crippen molar-refractivity contribution in [1.29, 1.82) is 0 Å². The summed E-state index contributed by atoms with van der Waals surface area (Å²) in [7, 11) is 0. The van der Waals surface area contributed by atoms with Gasteiger partial charge in [0.05, 0.1) is 5.39 Å². The Labute approximate surface area is 173 Å². The van der Waals surface area contributed by atoms with Crippen molar-refractivity contribution in [3.63, 3.8) is 0 Å². The van der Waals surface area contributed by atoms with E-state index in [1.807, 2.05) is 24.3 Å². The standard InChI is InChI=1S/C21H25BrN6/c1-5-26(6-2)11-12-27-15(4)14(3)18-20(27)23-13-28-21(18)24-19(25-28)16-9-7-8-10-17(16)22/h7-10,13H,5-6,11-12H2,1-4H3. The van der Waals surface area contributed by atoms with Gasteiger partial charge in [0.25, 0.3) is 0 Å². The van der Waals surface area contributed by atoms with Crippen LogP contribution in [0, 0.1) is 13.8 Å². The average Bonchev–Trinajstić information content (AvgIpc) is 3.23. The number of aryl methyl sites for hydroxylation is 1. The number of hydrogen-bond acceptors (Lipinski definition) is 4. The largest absolute Gasteiger partial charge is 0.328 e.